The van der Waals surface area contributed by atoms with Crippen molar-refractivity contribution in [2.75, 3.05) is 5.32 Å². The summed E-state index contributed by atoms with van der Waals surface area (Å²) in [6.45, 7) is 2.34. The molecule has 0 saturated carbocycles. The van der Waals surface area contributed by atoms with Gasteiger partial charge >= 0.3 is 0 Å². The molecule has 0 saturated heterocycles. The lowest BCUT2D eigenvalue weighted by atomic mass is 10.1. The highest BCUT2D eigenvalue weighted by Gasteiger charge is 2.22. The van der Waals surface area contributed by atoms with E-state index in [2.05, 4.69) is 10.6 Å². The lowest BCUT2D eigenvalue weighted by molar-refractivity contribution is -0.113. The Balaban J connectivity index is 1.05. The second-order valence-electron chi connectivity index (χ2n) is 12.2. The Morgan fingerprint density at radius 2 is 1.27 bits per heavy atom. The Bertz CT molecular complexity index is 2330. The number of hydrogen-bond acceptors (Lipinski definition) is 5. The molecule has 7 nitrogen and oxygen atoms in total. The number of nitrogens with one attached hydrogen (secondary N) is 2. The topological polar surface area (TPSA) is 89.4 Å². The lowest BCUT2D eigenvalue weighted by Gasteiger charge is -2.14. The van der Waals surface area contributed by atoms with Gasteiger partial charge in [-0.25, -0.2) is 0 Å². The summed E-state index contributed by atoms with van der Waals surface area (Å²) in [6.07, 6.45) is 1.63. The number of ether oxygens (including phenoxy) is 1. The number of fused-ring (bicyclic) bond motifs is 3. The third-order valence-electron chi connectivity index (χ3n) is 8.54. The minimum Gasteiger partial charge on any atom is -0.489 e. The van der Waals surface area contributed by atoms with Crippen molar-refractivity contribution in [3.05, 3.63) is 180 Å². The molecule has 7 aromatic rings. The fourth-order valence-electron chi connectivity index (χ4n) is 5.92. The summed E-state index contributed by atoms with van der Waals surface area (Å²) in [5.74, 6) is -0.216. The molecule has 0 radical (unpaired) electrons. The van der Waals surface area contributed by atoms with Crippen molar-refractivity contribution in [3.63, 3.8) is 0 Å². The zero-order valence-electron chi connectivity index (χ0n) is 28.4. The van der Waals surface area contributed by atoms with Crippen LogP contribution in [-0.2, 0) is 11.4 Å². The molecule has 6 aromatic carbocycles. The van der Waals surface area contributed by atoms with Gasteiger partial charge in [0.15, 0.2) is 0 Å². The Morgan fingerprint density at radius 1 is 0.692 bits per heavy atom. The lowest BCUT2D eigenvalue weighted by Crippen LogP contribution is -2.30. The standard InChI is InChI=1S/C44H35N3O4S/c1-30(44(50)47-40-18-10-8-16-37(40)38-17-9-11-19-41(38)47)52-36-26-22-34(23-27-36)45-43(49)39(46-42(48)33-14-6-3-7-15-33)28-31-20-24-35(25-21-31)51-29-32-12-4-2-5-13-32/h2-28,30H,29H2,1H3,(H,45,49)(H,46,48)/b39-28-. The van der Waals surface area contributed by atoms with Gasteiger partial charge in [0.25, 0.3) is 11.8 Å². The van der Waals surface area contributed by atoms with Crippen LogP contribution < -0.4 is 15.4 Å². The van der Waals surface area contributed by atoms with Gasteiger partial charge in [-0.3, -0.25) is 19.0 Å². The Labute approximate surface area is 305 Å². The second kappa shape index (κ2) is 15.7. The van der Waals surface area contributed by atoms with Gasteiger partial charge in [-0.1, -0.05) is 97.1 Å². The number of aromatic nitrogens is 1. The summed E-state index contributed by atoms with van der Waals surface area (Å²) < 4.78 is 7.71. The van der Waals surface area contributed by atoms with Crippen molar-refractivity contribution in [3.8, 4) is 5.75 Å². The highest BCUT2D eigenvalue weighted by molar-refractivity contribution is 8.00. The molecule has 52 heavy (non-hydrogen) atoms. The molecular formula is C44H35N3O4S. The highest BCUT2D eigenvalue weighted by atomic mass is 32.2. The predicted octanol–water partition coefficient (Wildman–Crippen LogP) is 9.60. The normalized spacial score (nSPS) is 12.0. The molecule has 256 valence electrons. The average Bonchev–Trinajstić information content (AvgIpc) is 3.53. The number of carbonyl (C=O) groups is 3. The quantitative estimate of drug-likeness (QED) is 0.104. The third kappa shape index (κ3) is 7.83. The van der Waals surface area contributed by atoms with E-state index in [1.54, 1.807) is 47.0 Å². The molecule has 2 N–H and O–H groups in total. The van der Waals surface area contributed by atoms with Crippen LogP contribution in [0.2, 0.25) is 0 Å². The van der Waals surface area contributed by atoms with E-state index in [0.29, 0.717) is 29.2 Å². The Kier molecular flexibility index (Phi) is 10.3. The fourth-order valence-corrected chi connectivity index (χ4v) is 6.83. The van der Waals surface area contributed by atoms with Crippen LogP contribution in [0, 0.1) is 0 Å². The van der Waals surface area contributed by atoms with E-state index in [4.69, 9.17) is 4.74 Å². The van der Waals surface area contributed by atoms with Crippen molar-refractivity contribution in [2.45, 2.75) is 23.7 Å². The molecule has 1 unspecified atom stereocenters. The highest BCUT2D eigenvalue weighted by Crippen LogP contribution is 2.32. The number of benzene rings is 6. The molecule has 0 fully saturated rings. The third-order valence-corrected chi connectivity index (χ3v) is 9.64. The van der Waals surface area contributed by atoms with Gasteiger partial charge in [-0.2, -0.15) is 0 Å². The maximum atomic E-state index is 13.8. The van der Waals surface area contributed by atoms with Gasteiger partial charge in [0.1, 0.15) is 18.1 Å². The first-order valence-corrected chi connectivity index (χ1v) is 17.8. The number of para-hydroxylation sites is 2. The van der Waals surface area contributed by atoms with E-state index in [-0.39, 0.29) is 16.9 Å². The molecule has 0 aliphatic heterocycles. The van der Waals surface area contributed by atoms with E-state index in [9.17, 15) is 14.4 Å². The van der Waals surface area contributed by atoms with Gasteiger partial charge in [0, 0.05) is 26.9 Å². The van der Waals surface area contributed by atoms with E-state index in [0.717, 1.165) is 32.3 Å². The molecular weight excluding hydrogens is 667 g/mol. The monoisotopic (exact) mass is 701 g/mol. The number of hydrogen-bond donors (Lipinski definition) is 2. The van der Waals surface area contributed by atoms with Gasteiger partial charge in [-0.05, 0) is 84.8 Å². The molecule has 0 bridgehead atoms. The van der Waals surface area contributed by atoms with Crippen molar-refractivity contribution < 1.29 is 19.1 Å². The predicted molar refractivity (Wildman–Crippen MR) is 210 cm³/mol. The minimum absolute atomic E-state index is 0.0143. The van der Waals surface area contributed by atoms with E-state index >= 15 is 0 Å². The molecule has 1 heterocycles. The van der Waals surface area contributed by atoms with Crippen LogP contribution in [0.3, 0.4) is 0 Å². The van der Waals surface area contributed by atoms with Crippen molar-refractivity contribution in [1.82, 2.24) is 9.88 Å². The number of amides is 2. The minimum atomic E-state index is -0.482. The molecule has 0 aliphatic rings. The Morgan fingerprint density at radius 3 is 1.90 bits per heavy atom. The van der Waals surface area contributed by atoms with Gasteiger partial charge in [0.2, 0.25) is 5.91 Å². The van der Waals surface area contributed by atoms with Crippen LogP contribution in [-0.4, -0.2) is 27.5 Å². The van der Waals surface area contributed by atoms with Crippen LogP contribution in [0.4, 0.5) is 5.69 Å². The SMILES string of the molecule is CC(Sc1ccc(NC(=O)/C(=C/c2ccc(OCc3ccccc3)cc2)NC(=O)c2ccccc2)cc1)C(=O)n1c2ccccc2c2ccccc21. The maximum Gasteiger partial charge on any atom is 0.272 e. The molecule has 0 spiro atoms. The molecule has 1 aromatic heterocycles. The smallest absolute Gasteiger partial charge is 0.272 e. The number of thioether (sulfide) groups is 1. The van der Waals surface area contributed by atoms with Gasteiger partial charge in [-0.15, -0.1) is 11.8 Å². The average molecular weight is 702 g/mol. The first-order chi connectivity index (χ1) is 25.4. The van der Waals surface area contributed by atoms with Crippen LogP contribution in [0.15, 0.2) is 168 Å². The number of nitrogens with zero attached hydrogens (tertiary/aromatic N) is 1. The van der Waals surface area contributed by atoms with Crippen LogP contribution in [0.25, 0.3) is 27.9 Å². The van der Waals surface area contributed by atoms with Crippen molar-refractivity contribution in [1.29, 1.82) is 0 Å². The fraction of sp³-hybridized carbons (Fsp3) is 0.0682. The van der Waals surface area contributed by atoms with E-state index in [1.807, 2.05) is 128 Å². The summed E-state index contributed by atoms with van der Waals surface area (Å²) in [7, 11) is 0. The largest absolute Gasteiger partial charge is 0.489 e. The van der Waals surface area contributed by atoms with Gasteiger partial charge < -0.3 is 15.4 Å². The van der Waals surface area contributed by atoms with Crippen LogP contribution in [0.1, 0.15) is 33.2 Å². The van der Waals surface area contributed by atoms with E-state index in [1.165, 1.54) is 11.8 Å². The zero-order chi connectivity index (χ0) is 35.9. The molecule has 1 atom stereocenters. The molecule has 0 aliphatic carbocycles. The summed E-state index contributed by atoms with van der Waals surface area (Å²) in [4.78, 5) is 41.5. The number of anilines is 1. The summed E-state index contributed by atoms with van der Waals surface area (Å²) in [5.41, 5.74) is 4.58. The second-order valence-corrected chi connectivity index (χ2v) is 13.6. The number of rotatable bonds is 11. The summed E-state index contributed by atoms with van der Waals surface area (Å²) in [6, 6.07) is 49.1. The van der Waals surface area contributed by atoms with E-state index < -0.39 is 11.8 Å². The Hall–Kier alpha value is -6.38. The van der Waals surface area contributed by atoms with Crippen molar-refractivity contribution in [2.24, 2.45) is 0 Å². The van der Waals surface area contributed by atoms with Gasteiger partial charge in [0.05, 0.1) is 16.3 Å². The number of carbonyl (C=O) groups excluding carboxylic acids is 3. The van der Waals surface area contributed by atoms with Crippen LogP contribution >= 0.6 is 11.8 Å². The van der Waals surface area contributed by atoms with Crippen molar-refractivity contribution >= 4 is 63.1 Å². The molecule has 2 amide bonds. The molecule has 8 heteroatoms. The zero-order valence-corrected chi connectivity index (χ0v) is 29.2. The first kappa shape index (κ1) is 34.1. The summed E-state index contributed by atoms with van der Waals surface area (Å²) >= 11 is 1.45. The first-order valence-electron chi connectivity index (χ1n) is 16.9. The summed E-state index contributed by atoms with van der Waals surface area (Å²) in [5, 5.41) is 7.40. The molecule has 7 rings (SSSR count). The maximum absolute atomic E-state index is 13.8. The van der Waals surface area contributed by atoms with Crippen LogP contribution in [0.5, 0.6) is 5.75 Å².